The molecule has 2 rings (SSSR count). The van der Waals surface area contributed by atoms with E-state index in [-0.39, 0.29) is 10.8 Å². The summed E-state index contributed by atoms with van der Waals surface area (Å²) in [7, 11) is 0. The zero-order chi connectivity index (χ0) is 15.5. The van der Waals surface area contributed by atoms with Gasteiger partial charge in [-0.1, -0.05) is 31.0 Å². The number of nitrogens with one attached hydrogen (secondary N) is 1. The second kappa shape index (κ2) is 6.61. The van der Waals surface area contributed by atoms with Crippen molar-refractivity contribution in [1.29, 1.82) is 0 Å². The summed E-state index contributed by atoms with van der Waals surface area (Å²) in [4.78, 5) is 0. The first-order chi connectivity index (χ1) is 9.88. The van der Waals surface area contributed by atoms with Crippen LogP contribution in [0.3, 0.4) is 0 Å². The summed E-state index contributed by atoms with van der Waals surface area (Å²) < 4.78 is 39.4. The highest BCUT2D eigenvalue weighted by Crippen LogP contribution is 2.40. The molecule has 21 heavy (non-hydrogen) atoms. The van der Waals surface area contributed by atoms with Crippen LogP contribution >= 0.6 is 11.8 Å². The Balaban J connectivity index is 2.09. The standard InChI is InChI=1S/C16H22F3NS/c1-12(20-11-15(21-2)9-5-6-10-15)13-7-3-4-8-14(13)16(17,18)19/h3-4,7-8,12,20H,5-6,9-11H2,1-2H3. The lowest BCUT2D eigenvalue weighted by atomic mass is 10.00. The highest BCUT2D eigenvalue weighted by molar-refractivity contribution is 8.00. The number of hydrogen-bond donors (Lipinski definition) is 1. The number of halogens is 3. The van der Waals surface area contributed by atoms with E-state index in [0.29, 0.717) is 5.56 Å². The molecule has 118 valence electrons. The molecule has 1 aliphatic rings. The highest BCUT2D eigenvalue weighted by Gasteiger charge is 2.36. The molecular formula is C16H22F3NS. The monoisotopic (exact) mass is 317 g/mol. The van der Waals surface area contributed by atoms with Crippen LogP contribution in [0.15, 0.2) is 24.3 Å². The van der Waals surface area contributed by atoms with Crippen LogP contribution in [0.1, 0.15) is 49.8 Å². The van der Waals surface area contributed by atoms with E-state index in [1.165, 1.54) is 18.9 Å². The van der Waals surface area contributed by atoms with Crippen LogP contribution in [0.2, 0.25) is 0 Å². The summed E-state index contributed by atoms with van der Waals surface area (Å²) in [5, 5.41) is 3.32. The second-order valence-corrected chi connectivity index (χ2v) is 7.06. The summed E-state index contributed by atoms with van der Waals surface area (Å²) >= 11 is 1.84. The van der Waals surface area contributed by atoms with E-state index >= 15 is 0 Å². The van der Waals surface area contributed by atoms with Gasteiger partial charge in [-0.3, -0.25) is 0 Å². The average molecular weight is 317 g/mol. The molecule has 1 nitrogen and oxygen atoms in total. The summed E-state index contributed by atoms with van der Waals surface area (Å²) in [5.74, 6) is 0. The molecule has 1 aromatic rings. The van der Waals surface area contributed by atoms with Crippen LogP contribution < -0.4 is 5.32 Å². The molecule has 0 aromatic heterocycles. The fourth-order valence-electron chi connectivity index (χ4n) is 3.05. The smallest absolute Gasteiger partial charge is 0.309 e. The predicted molar refractivity (Wildman–Crippen MR) is 82.6 cm³/mol. The predicted octanol–water partition coefficient (Wildman–Crippen LogP) is 5.03. The molecule has 1 unspecified atom stereocenters. The van der Waals surface area contributed by atoms with Crippen molar-refractivity contribution in [2.24, 2.45) is 0 Å². The minimum atomic E-state index is -4.29. The van der Waals surface area contributed by atoms with E-state index in [9.17, 15) is 13.2 Å². The van der Waals surface area contributed by atoms with Crippen molar-refractivity contribution in [3.63, 3.8) is 0 Å². The summed E-state index contributed by atoms with van der Waals surface area (Å²) in [6.45, 7) is 2.58. The van der Waals surface area contributed by atoms with Gasteiger partial charge in [0, 0.05) is 17.3 Å². The number of alkyl halides is 3. The molecule has 1 fully saturated rings. The lowest BCUT2D eigenvalue weighted by Gasteiger charge is -2.29. The van der Waals surface area contributed by atoms with Gasteiger partial charge in [0.2, 0.25) is 0 Å². The molecule has 0 heterocycles. The molecule has 1 atom stereocenters. The SMILES string of the molecule is CSC1(CNC(C)c2ccccc2C(F)(F)F)CCCC1. The van der Waals surface area contributed by atoms with E-state index in [4.69, 9.17) is 0 Å². The molecule has 1 N–H and O–H groups in total. The normalized spacial score (nSPS) is 19.7. The first-order valence-corrected chi connectivity index (χ1v) is 8.55. The zero-order valence-electron chi connectivity index (χ0n) is 12.5. The molecule has 0 aliphatic heterocycles. The Morgan fingerprint density at radius 1 is 1.24 bits per heavy atom. The molecule has 1 aliphatic carbocycles. The minimum Gasteiger partial charge on any atom is -0.309 e. The maximum absolute atomic E-state index is 13.1. The fourth-order valence-corrected chi connectivity index (χ4v) is 3.98. The van der Waals surface area contributed by atoms with Gasteiger partial charge in [-0.05, 0) is 37.7 Å². The fraction of sp³-hybridized carbons (Fsp3) is 0.625. The summed E-state index contributed by atoms with van der Waals surface area (Å²) in [5.41, 5.74) is -0.200. The maximum Gasteiger partial charge on any atom is 0.416 e. The minimum absolute atomic E-state index is 0.196. The molecule has 5 heteroatoms. The molecule has 0 amide bonds. The van der Waals surface area contributed by atoms with Crippen molar-refractivity contribution in [3.05, 3.63) is 35.4 Å². The van der Waals surface area contributed by atoms with E-state index < -0.39 is 11.7 Å². The van der Waals surface area contributed by atoms with E-state index in [1.807, 2.05) is 18.7 Å². The van der Waals surface area contributed by atoms with Gasteiger partial charge in [0.15, 0.2) is 0 Å². The van der Waals surface area contributed by atoms with Crippen LogP contribution in [0, 0.1) is 0 Å². The topological polar surface area (TPSA) is 12.0 Å². The Kier molecular flexibility index (Phi) is 5.25. The Morgan fingerprint density at radius 3 is 2.43 bits per heavy atom. The molecule has 0 spiro atoms. The lowest BCUT2D eigenvalue weighted by Crippen LogP contribution is -2.36. The summed E-state index contributed by atoms with van der Waals surface area (Å²) in [6.07, 6.45) is 2.54. The van der Waals surface area contributed by atoms with Crippen LogP contribution in [-0.2, 0) is 6.18 Å². The van der Waals surface area contributed by atoms with E-state index in [0.717, 1.165) is 25.5 Å². The van der Waals surface area contributed by atoms with Gasteiger partial charge in [0.1, 0.15) is 0 Å². The lowest BCUT2D eigenvalue weighted by molar-refractivity contribution is -0.138. The molecule has 1 aromatic carbocycles. The van der Waals surface area contributed by atoms with E-state index in [2.05, 4.69) is 11.6 Å². The van der Waals surface area contributed by atoms with Gasteiger partial charge < -0.3 is 5.32 Å². The van der Waals surface area contributed by atoms with Gasteiger partial charge in [0.25, 0.3) is 0 Å². The number of hydrogen-bond acceptors (Lipinski definition) is 2. The van der Waals surface area contributed by atoms with Crippen molar-refractivity contribution >= 4 is 11.8 Å². The third-order valence-electron chi connectivity index (χ3n) is 4.41. The van der Waals surface area contributed by atoms with E-state index in [1.54, 1.807) is 12.1 Å². The average Bonchev–Trinajstić information content (AvgIpc) is 2.93. The third-order valence-corrected chi connectivity index (χ3v) is 5.83. The Bertz CT molecular complexity index is 467. The van der Waals surface area contributed by atoms with Gasteiger partial charge in [-0.15, -0.1) is 0 Å². The van der Waals surface area contributed by atoms with Gasteiger partial charge in [-0.25, -0.2) is 0 Å². The highest BCUT2D eigenvalue weighted by atomic mass is 32.2. The van der Waals surface area contributed by atoms with Crippen molar-refractivity contribution in [1.82, 2.24) is 5.32 Å². The maximum atomic E-state index is 13.1. The molecule has 0 saturated heterocycles. The van der Waals surface area contributed by atoms with Crippen LogP contribution in [-0.4, -0.2) is 17.5 Å². The van der Waals surface area contributed by atoms with Crippen molar-refractivity contribution < 1.29 is 13.2 Å². The Hall–Kier alpha value is -0.680. The van der Waals surface area contributed by atoms with Crippen molar-refractivity contribution in [2.75, 3.05) is 12.8 Å². The summed E-state index contributed by atoms with van der Waals surface area (Å²) in [6, 6.07) is 5.54. The van der Waals surface area contributed by atoms with Crippen molar-refractivity contribution in [3.8, 4) is 0 Å². The number of thioether (sulfide) groups is 1. The van der Waals surface area contributed by atoms with Crippen LogP contribution in [0.4, 0.5) is 13.2 Å². The molecule has 0 bridgehead atoms. The van der Waals surface area contributed by atoms with Gasteiger partial charge >= 0.3 is 6.18 Å². The zero-order valence-corrected chi connectivity index (χ0v) is 13.3. The second-order valence-electron chi connectivity index (χ2n) is 5.78. The van der Waals surface area contributed by atoms with Crippen LogP contribution in [0.25, 0.3) is 0 Å². The molecule has 0 radical (unpaired) electrons. The Morgan fingerprint density at radius 2 is 1.86 bits per heavy atom. The first kappa shape index (κ1) is 16.7. The number of rotatable bonds is 5. The number of benzene rings is 1. The van der Waals surface area contributed by atoms with Gasteiger partial charge in [-0.2, -0.15) is 24.9 Å². The Labute approximate surface area is 128 Å². The first-order valence-electron chi connectivity index (χ1n) is 7.33. The third kappa shape index (κ3) is 3.95. The molecule has 1 saturated carbocycles. The van der Waals surface area contributed by atoms with Gasteiger partial charge in [0.05, 0.1) is 5.56 Å². The quantitative estimate of drug-likeness (QED) is 0.817. The largest absolute Gasteiger partial charge is 0.416 e. The molecular weight excluding hydrogens is 295 g/mol. The van der Waals surface area contributed by atoms with Crippen molar-refractivity contribution in [2.45, 2.75) is 49.6 Å². The van der Waals surface area contributed by atoms with Crippen LogP contribution in [0.5, 0.6) is 0 Å².